The largest absolute Gasteiger partial charge is 0.366 e. The molecule has 11 heavy (non-hydrogen) atoms. The van der Waals surface area contributed by atoms with E-state index in [1.54, 1.807) is 0 Å². The van der Waals surface area contributed by atoms with Gasteiger partial charge < -0.3 is 4.74 Å². The Morgan fingerprint density at radius 3 is 3.09 bits per heavy atom. The van der Waals surface area contributed by atoms with E-state index in [-0.39, 0.29) is 6.02 Å². The van der Waals surface area contributed by atoms with Crippen molar-refractivity contribution in [1.82, 2.24) is 4.90 Å². The Kier molecular flexibility index (Phi) is 3.25. The molecule has 2 heteroatoms. The highest BCUT2D eigenvalue weighted by molar-refractivity contribution is 4.75. The maximum Gasteiger partial charge on any atom is 0.0992 e. The van der Waals surface area contributed by atoms with Crippen molar-refractivity contribution < 1.29 is 6.11 Å². The number of hydrogen-bond acceptors (Lipinski definition) is 2. The van der Waals surface area contributed by atoms with Crippen molar-refractivity contribution in [2.24, 2.45) is 0 Å². The summed E-state index contributed by atoms with van der Waals surface area (Å²) in [5.74, 6) is 0. The zero-order chi connectivity index (χ0) is 9.03. The molecule has 1 aliphatic heterocycles. The molecule has 0 aliphatic carbocycles. The average molecular weight is 158 g/mol. The molecule has 1 unspecified atom stereocenters. The zero-order valence-corrected chi connectivity index (χ0v) is 7.60. The lowest BCUT2D eigenvalue weighted by Gasteiger charge is -2.22. The molecule has 1 saturated heterocycles. The Morgan fingerprint density at radius 2 is 2.45 bits per heavy atom. The van der Waals surface area contributed by atoms with E-state index in [0.29, 0.717) is 6.73 Å². The van der Waals surface area contributed by atoms with Crippen molar-refractivity contribution in [2.75, 3.05) is 19.9 Å². The highest BCUT2D eigenvalue weighted by Crippen LogP contribution is 2.18. The maximum absolute atomic E-state index is 8.11. The third-order valence-corrected chi connectivity index (χ3v) is 2.20. The van der Waals surface area contributed by atoms with Gasteiger partial charge in [-0.1, -0.05) is 6.92 Å². The molecule has 0 aromatic heterocycles. The molecule has 0 saturated carbocycles. The smallest absolute Gasteiger partial charge is 0.0992 e. The van der Waals surface area contributed by atoms with Crippen LogP contribution in [-0.2, 0) is 4.74 Å². The number of ether oxygens (including phenoxy) is 1. The highest BCUT2D eigenvalue weighted by Gasteiger charge is 2.21. The van der Waals surface area contributed by atoms with Gasteiger partial charge in [-0.25, -0.2) is 0 Å². The lowest BCUT2D eigenvalue weighted by atomic mass is 10.2. The van der Waals surface area contributed by atoms with Crippen LogP contribution < -0.4 is 0 Å². The third kappa shape index (κ3) is 2.46. The molecular weight excluding hydrogens is 138 g/mol. The molecule has 1 heterocycles. The summed E-state index contributed by atoms with van der Waals surface area (Å²) >= 11 is 0. The van der Waals surface area contributed by atoms with E-state index in [9.17, 15) is 0 Å². The molecule has 0 aromatic carbocycles. The Balaban J connectivity index is 2.40. The van der Waals surface area contributed by atoms with Crippen LogP contribution >= 0.6 is 0 Å². The van der Waals surface area contributed by atoms with E-state index >= 15 is 0 Å². The Hall–Kier alpha value is -0.0800. The molecule has 1 aliphatic rings. The van der Waals surface area contributed by atoms with Crippen LogP contribution in [0.3, 0.4) is 0 Å². The summed E-state index contributed by atoms with van der Waals surface area (Å²) in [5, 5.41) is 0. The monoisotopic (exact) mass is 158 g/mol. The van der Waals surface area contributed by atoms with E-state index in [2.05, 4.69) is 11.8 Å². The lowest BCUT2D eigenvalue weighted by molar-refractivity contribution is 0.0276. The van der Waals surface area contributed by atoms with Gasteiger partial charge in [0, 0.05) is 20.5 Å². The van der Waals surface area contributed by atoms with Gasteiger partial charge in [0.1, 0.15) is 0 Å². The van der Waals surface area contributed by atoms with Gasteiger partial charge in [-0.15, -0.1) is 0 Å². The van der Waals surface area contributed by atoms with Gasteiger partial charge in [0.2, 0.25) is 0 Å². The zero-order valence-electron chi connectivity index (χ0n) is 8.60. The Bertz CT molecular complexity index is 142. The van der Waals surface area contributed by atoms with Gasteiger partial charge in [-0.05, 0) is 26.2 Å². The van der Waals surface area contributed by atoms with Crippen LogP contribution in [0.2, 0.25) is 0 Å². The number of nitrogens with zero attached hydrogens (tertiary/aromatic N) is 1. The van der Waals surface area contributed by atoms with Gasteiger partial charge in [-0.3, -0.25) is 4.90 Å². The van der Waals surface area contributed by atoms with Crippen LogP contribution in [0, 0.1) is 0 Å². The van der Waals surface area contributed by atoms with Crippen LogP contribution in [0.1, 0.15) is 34.5 Å². The van der Waals surface area contributed by atoms with Crippen LogP contribution in [-0.4, -0.2) is 30.8 Å². The Morgan fingerprint density at radius 1 is 1.64 bits per heavy atom. The predicted octanol–water partition coefficient (Wildman–Crippen LogP) is 1.85. The molecule has 2 nitrogen and oxygen atoms in total. The van der Waals surface area contributed by atoms with Crippen molar-refractivity contribution in [1.29, 1.82) is 0 Å². The molecule has 0 aromatic rings. The second-order valence-corrected chi connectivity index (χ2v) is 2.91. The molecular formula is C9H19NO. The van der Waals surface area contributed by atoms with E-state index in [1.807, 2.05) is 6.92 Å². The van der Waals surface area contributed by atoms with Gasteiger partial charge >= 0.3 is 0 Å². The molecule has 0 amide bonds. The summed E-state index contributed by atoms with van der Waals surface area (Å²) in [6.07, 6.45) is 3.04. The van der Waals surface area contributed by atoms with Gasteiger partial charge in [0.15, 0.2) is 0 Å². The van der Waals surface area contributed by atoms with Crippen LogP contribution in [0.25, 0.3) is 0 Å². The van der Waals surface area contributed by atoms with E-state index in [0.717, 1.165) is 32.4 Å². The fourth-order valence-electron chi connectivity index (χ4n) is 1.55. The van der Waals surface area contributed by atoms with E-state index in [4.69, 9.17) is 6.11 Å². The molecule has 0 N–H and O–H groups in total. The molecule has 0 spiro atoms. The van der Waals surface area contributed by atoms with Gasteiger partial charge in [0.25, 0.3) is 0 Å². The number of rotatable bonds is 4. The molecule has 0 radical (unpaired) electrons. The second-order valence-electron chi connectivity index (χ2n) is 2.91. The predicted molar refractivity (Wildman–Crippen MR) is 46.5 cm³/mol. The Labute approximate surface area is 70.9 Å². The van der Waals surface area contributed by atoms with Crippen molar-refractivity contribution in [3.63, 3.8) is 0 Å². The average Bonchev–Trinajstić information content (AvgIpc) is 2.45. The summed E-state index contributed by atoms with van der Waals surface area (Å²) in [4.78, 5) is 2.14. The normalized spacial score (nSPS) is 34.2. The molecule has 1 fully saturated rings. The second kappa shape index (κ2) is 4.73. The standard InChI is InChI=1S/C9H19NO/c1-3-9-6-5-7-10(9)8-11-4-2/h9H,3-8H2,1-2H3/i9D. The molecule has 0 bridgehead atoms. The van der Waals surface area contributed by atoms with Crippen LogP contribution in [0.15, 0.2) is 0 Å². The number of hydrogen-bond donors (Lipinski definition) is 0. The van der Waals surface area contributed by atoms with Crippen LogP contribution in [0.4, 0.5) is 0 Å². The highest BCUT2D eigenvalue weighted by atomic mass is 16.5. The summed E-state index contributed by atoms with van der Waals surface area (Å²) in [6, 6.07) is -0.338. The van der Waals surface area contributed by atoms with E-state index in [1.165, 1.54) is 0 Å². The minimum absolute atomic E-state index is 0.338. The van der Waals surface area contributed by atoms with E-state index < -0.39 is 0 Å². The van der Waals surface area contributed by atoms with Crippen molar-refractivity contribution in [2.45, 2.75) is 39.1 Å². The molecule has 66 valence electrons. The minimum atomic E-state index is -0.338. The molecule has 1 rings (SSSR count). The minimum Gasteiger partial charge on any atom is -0.366 e. The van der Waals surface area contributed by atoms with Gasteiger partial charge in [0.05, 0.1) is 6.73 Å². The van der Waals surface area contributed by atoms with Crippen LogP contribution in [0.5, 0.6) is 0 Å². The first-order valence-corrected chi connectivity index (χ1v) is 4.55. The fraction of sp³-hybridized carbons (Fsp3) is 1.00. The van der Waals surface area contributed by atoms with Crippen molar-refractivity contribution in [3.05, 3.63) is 0 Å². The first kappa shape index (κ1) is 7.56. The summed E-state index contributed by atoms with van der Waals surface area (Å²) in [7, 11) is 0. The molecule has 1 atom stereocenters. The first-order valence-electron chi connectivity index (χ1n) is 5.05. The first-order chi connectivity index (χ1) is 5.73. The fourth-order valence-corrected chi connectivity index (χ4v) is 1.55. The number of likely N-dealkylation sites (tertiary alicyclic amines) is 1. The lowest BCUT2D eigenvalue weighted by Crippen LogP contribution is -2.31. The summed E-state index contributed by atoms with van der Waals surface area (Å²) in [6.45, 7) is 6.48. The van der Waals surface area contributed by atoms with Gasteiger partial charge in [-0.2, -0.15) is 0 Å². The van der Waals surface area contributed by atoms with Crippen molar-refractivity contribution >= 4 is 0 Å². The maximum atomic E-state index is 8.11. The summed E-state index contributed by atoms with van der Waals surface area (Å²) in [5.41, 5.74) is 0. The van der Waals surface area contributed by atoms with Crippen molar-refractivity contribution in [3.8, 4) is 0 Å². The SMILES string of the molecule is [2H]C1(CC)CCCN1COCC. The third-order valence-electron chi connectivity index (χ3n) is 2.20. The quantitative estimate of drug-likeness (QED) is 0.619. The summed E-state index contributed by atoms with van der Waals surface area (Å²) < 4.78 is 13.4. The topological polar surface area (TPSA) is 12.5 Å².